The molecule has 0 aliphatic carbocycles. The molecular formula is C43H47F34NO5. The number of hydrogen-bond acceptors (Lipinski definition) is 5. The summed E-state index contributed by atoms with van der Waals surface area (Å²) in [6.07, 6.45) is -13.8. The normalized spacial score (nSPS) is 15.5. The van der Waals surface area contributed by atoms with Crippen LogP contribution < -0.4 is 5.32 Å². The van der Waals surface area contributed by atoms with Gasteiger partial charge in [0.25, 0.3) is 0 Å². The Bertz CT molecular complexity index is 2100. The zero-order chi connectivity index (χ0) is 66.0. The average Bonchev–Trinajstić information content (AvgIpc) is 2.36. The number of rotatable bonds is 38. The van der Waals surface area contributed by atoms with E-state index in [0.717, 1.165) is 44.9 Å². The minimum absolute atomic E-state index is 0.146. The molecule has 0 aliphatic heterocycles. The smallest absolute Gasteiger partial charge is 0.460 e. The number of ether oxygens (including phenoxy) is 2. The second-order valence-electron chi connectivity index (χ2n) is 18.2. The van der Waals surface area contributed by atoms with Crippen molar-refractivity contribution in [3.05, 3.63) is 12.2 Å². The predicted molar refractivity (Wildman–Crippen MR) is 213 cm³/mol. The molecule has 0 fully saturated rings. The molecular weight excluding hydrogens is 1260 g/mol. The van der Waals surface area contributed by atoms with Gasteiger partial charge in [0.1, 0.15) is 6.04 Å². The molecule has 0 rings (SSSR count). The zero-order valence-electron chi connectivity index (χ0n) is 41.8. The largest absolute Gasteiger partial charge is 0.465 e. The summed E-state index contributed by atoms with van der Waals surface area (Å²) in [6, 6.07) is -2.70. The molecule has 40 heteroatoms. The number of nitrogens with one attached hydrogen (secondary N) is 1. The SMILES string of the molecule is CCCCCCCC/C=C\CCCCCCCC(=O)N[C@@H](CCC(=O)OCCC(F)(F)C(F)(F)C(F)(F)C(F)(F)C(F)(F)C(F)(F)C(F)(F)C(F)(F)F)C(=O)OCCC(F)(F)C(F)(F)C(F)(F)C(F)(F)C(F)(F)C(F)(F)C(F)(F)C(F)(F)F. The van der Waals surface area contributed by atoms with Crippen LogP contribution in [0.5, 0.6) is 0 Å². The lowest BCUT2D eigenvalue weighted by atomic mass is 9.88. The minimum Gasteiger partial charge on any atom is -0.465 e. The van der Waals surface area contributed by atoms with Crippen molar-refractivity contribution in [1.82, 2.24) is 5.32 Å². The van der Waals surface area contributed by atoms with E-state index in [1.165, 1.54) is 0 Å². The van der Waals surface area contributed by atoms with Gasteiger partial charge in [-0.3, -0.25) is 9.59 Å². The monoisotopic (exact) mass is 1300 g/mol. The van der Waals surface area contributed by atoms with Gasteiger partial charge in [0.2, 0.25) is 5.91 Å². The molecule has 6 nitrogen and oxygen atoms in total. The number of amides is 1. The summed E-state index contributed by atoms with van der Waals surface area (Å²) in [4.78, 5) is 37.6. The maximum absolute atomic E-state index is 14.5. The Hall–Kier alpha value is -4.23. The van der Waals surface area contributed by atoms with Crippen LogP contribution in [0.4, 0.5) is 149 Å². The summed E-state index contributed by atoms with van der Waals surface area (Å²) in [5.41, 5.74) is 0. The fraction of sp³-hybridized carbons (Fsp3) is 0.884. The minimum atomic E-state index is -9.01. The van der Waals surface area contributed by atoms with Crippen molar-refractivity contribution in [2.45, 2.75) is 224 Å². The molecule has 0 aliphatic rings. The van der Waals surface area contributed by atoms with Gasteiger partial charge in [0, 0.05) is 12.8 Å². The number of halogens is 34. The molecule has 0 heterocycles. The van der Waals surface area contributed by atoms with Crippen LogP contribution in [0.15, 0.2) is 12.2 Å². The molecule has 1 N–H and O–H groups in total. The third kappa shape index (κ3) is 16.2. The van der Waals surface area contributed by atoms with E-state index in [9.17, 15) is 164 Å². The highest BCUT2D eigenvalue weighted by Gasteiger charge is 2.97. The van der Waals surface area contributed by atoms with E-state index in [1.54, 1.807) is 5.32 Å². The Labute approximate surface area is 445 Å². The second-order valence-corrected chi connectivity index (χ2v) is 18.2. The number of hydrogen-bond donors (Lipinski definition) is 1. The first-order chi connectivity index (χ1) is 36.8. The van der Waals surface area contributed by atoms with E-state index < -0.39 is 164 Å². The number of unbranched alkanes of at least 4 members (excludes halogenated alkanes) is 11. The molecule has 0 saturated heterocycles. The molecule has 0 saturated carbocycles. The number of allylic oxidation sites excluding steroid dienone is 2. The Kier molecular flexibility index (Phi) is 26.2. The van der Waals surface area contributed by atoms with Gasteiger partial charge in [-0.1, -0.05) is 70.4 Å². The Morgan fingerprint density at radius 2 is 0.651 bits per heavy atom. The van der Waals surface area contributed by atoms with Gasteiger partial charge in [-0.25, -0.2) is 4.79 Å². The maximum atomic E-state index is 14.5. The van der Waals surface area contributed by atoms with Gasteiger partial charge in [-0.15, -0.1) is 0 Å². The van der Waals surface area contributed by atoms with Crippen molar-refractivity contribution in [3.63, 3.8) is 0 Å². The lowest BCUT2D eigenvalue weighted by molar-refractivity contribution is -0.461. The summed E-state index contributed by atoms with van der Waals surface area (Å²) in [7, 11) is 0. The Balaban J connectivity index is 6.41. The first-order valence-electron chi connectivity index (χ1n) is 23.5. The summed E-state index contributed by atoms with van der Waals surface area (Å²) in [6.45, 7) is -3.18. The fourth-order valence-electron chi connectivity index (χ4n) is 6.59. The summed E-state index contributed by atoms with van der Waals surface area (Å²) in [5, 5.41) is 1.59. The van der Waals surface area contributed by atoms with Crippen LogP contribution in [0, 0.1) is 0 Å². The molecule has 0 radical (unpaired) electrons. The van der Waals surface area contributed by atoms with Crippen LogP contribution in [0.2, 0.25) is 0 Å². The summed E-state index contributed by atoms with van der Waals surface area (Å²) in [5.74, 6) is -125. The van der Waals surface area contributed by atoms with E-state index in [0.29, 0.717) is 25.7 Å². The number of alkyl halides is 34. The molecule has 0 unspecified atom stereocenters. The van der Waals surface area contributed by atoms with Gasteiger partial charge < -0.3 is 14.8 Å². The molecule has 0 aromatic rings. The van der Waals surface area contributed by atoms with Gasteiger partial charge in [-0.2, -0.15) is 149 Å². The lowest BCUT2D eigenvalue weighted by Crippen LogP contribution is -2.74. The van der Waals surface area contributed by atoms with Crippen LogP contribution >= 0.6 is 0 Å². The topological polar surface area (TPSA) is 81.7 Å². The molecule has 83 heavy (non-hydrogen) atoms. The van der Waals surface area contributed by atoms with Crippen molar-refractivity contribution < 1.29 is 173 Å². The lowest BCUT2D eigenvalue weighted by Gasteiger charge is -2.42. The fourth-order valence-corrected chi connectivity index (χ4v) is 6.59. The quantitative estimate of drug-likeness (QED) is 0.0288. The van der Waals surface area contributed by atoms with E-state index in [4.69, 9.17) is 0 Å². The Morgan fingerprint density at radius 3 is 0.988 bits per heavy atom. The molecule has 1 amide bonds. The highest BCUT2D eigenvalue weighted by atomic mass is 19.4. The Morgan fingerprint density at radius 1 is 0.361 bits per heavy atom. The maximum Gasteiger partial charge on any atom is 0.460 e. The van der Waals surface area contributed by atoms with Gasteiger partial charge >= 0.3 is 107 Å². The van der Waals surface area contributed by atoms with Crippen LogP contribution in [0.1, 0.15) is 122 Å². The molecule has 0 bridgehead atoms. The van der Waals surface area contributed by atoms with Crippen molar-refractivity contribution >= 4 is 17.8 Å². The van der Waals surface area contributed by atoms with Crippen LogP contribution in [0.25, 0.3) is 0 Å². The van der Waals surface area contributed by atoms with Crippen LogP contribution in [-0.4, -0.2) is 132 Å². The average molecular weight is 1300 g/mol. The zero-order valence-corrected chi connectivity index (χ0v) is 41.8. The second kappa shape index (κ2) is 27.6. The highest BCUT2D eigenvalue weighted by Crippen LogP contribution is 2.66. The van der Waals surface area contributed by atoms with Gasteiger partial charge in [0.05, 0.1) is 26.1 Å². The third-order valence-electron chi connectivity index (χ3n) is 11.8. The molecule has 1 atom stereocenters. The van der Waals surface area contributed by atoms with Crippen LogP contribution in [-0.2, 0) is 23.9 Å². The molecule has 0 aromatic carbocycles. The first-order valence-corrected chi connectivity index (χ1v) is 23.5. The standard InChI is InChI=1S/C43H47F34NO5/c1-2-3-4-5-6-7-8-9-10-11-12-13-14-15-16-17-25(79)78-24(27(81)83-23-21-29(46,47)31(50,51)33(54,55)35(58,59)37(62,63)39(66,67)41(70,71)43(75,76)77)18-19-26(80)82-22-20-28(44,45)30(48,49)32(52,53)34(56,57)36(60,61)38(64,65)40(68,69)42(72,73)74/h9-10,24H,2-8,11-23H2,1H3,(H,78,79)/b10-9-/t24-/m0/s1. The van der Waals surface area contributed by atoms with Crippen molar-refractivity contribution in [3.8, 4) is 0 Å². The van der Waals surface area contributed by atoms with E-state index >= 15 is 0 Å². The number of carbonyl (C=O) groups is 3. The molecule has 0 aromatic heterocycles. The van der Waals surface area contributed by atoms with Crippen molar-refractivity contribution in [2.24, 2.45) is 0 Å². The number of carbonyl (C=O) groups excluding carboxylic acids is 3. The van der Waals surface area contributed by atoms with Gasteiger partial charge in [-0.05, 0) is 38.5 Å². The van der Waals surface area contributed by atoms with E-state index in [-0.39, 0.29) is 12.8 Å². The predicted octanol–water partition coefficient (Wildman–Crippen LogP) is 17.2. The van der Waals surface area contributed by atoms with Crippen molar-refractivity contribution in [1.29, 1.82) is 0 Å². The van der Waals surface area contributed by atoms with Crippen molar-refractivity contribution in [2.75, 3.05) is 13.2 Å². The van der Waals surface area contributed by atoms with Crippen LogP contribution in [0.3, 0.4) is 0 Å². The third-order valence-corrected chi connectivity index (χ3v) is 11.8. The summed E-state index contributed by atoms with van der Waals surface area (Å²) < 4.78 is 470. The summed E-state index contributed by atoms with van der Waals surface area (Å²) >= 11 is 0. The highest BCUT2D eigenvalue weighted by molar-refractivity contribution is 5.85. The molecule has 0 spiro atoms. The molecule has 492 valence electrons. The first kappa shape index (κ1) is 78.8. The van der Waals surface area contributed by atoms with Gasteiger partial charge in [0.15, 0.2) is 0 Å². The number of esters is 2. The van der Waals surface area contributed by atoms with E-state index in [2.05, 4.69) is 9.47 Å². The van der Waals surface area contributed by atoms with E-state index in [1.807, 2.05) is 19.1 Å².